The molecule has 0 bridgehead atoms. The molecule has 0 radical (unpaired) electrons. The zero-order valence-electron chi connectivity index (χ0n) is 10.3. The Morgan fingerprint density at radius 2 is 2.00 bits per heavy atom. The van der Waals surface area contributed by atoms with E-state index in [2.05, 4.69) is 15.3 Å². The molecule has 0 spiro atoms. The summed E-state index contributed by atoms with van der Waals surface area (Å²) in [6, 6.07) is 7.51. The van der Waals surface area contributed by atoms with Gasteiger partial charge in [0.2, 0.25) is 0 Å². The number of nitrogens with zero attached hydrogens (tertiary/aromatic N) is 2. The van der Waals surface area contributed by atoms with Crippen molar-refractivity contribution in [1.29, 1.82) is 0 Å². The van der Waals surface area contributed by atoms with Gasteiger partial charge in [0.05, 0.1) is 5.52 Å². The Hall–Kier alpha value is -0.380. The van der Waals surface area contributed by atoms with E-state index in [9.17, 15) is 8.42 Å². The normalized spacial score (nSPS) is 11.0. The van der Waals surface area contributed by atoms with Crippen LogP contribution in [0.25, 0.3) is 10.9 Å². The molecule has 2 rings (SSSR count). The Balaban J connectivity index is 0.00000180. The van der Waals surface area contributed by atoms with Gasteiger partial charge in [0.15, 0.2) is 0 Å². The van der Waals surface area contributed by atoms with Crippen molar-refractivity contribution < 1.29 is 42.5 Å². The van der Waals surface area contributed by atoms with Gasteiger partial charge in [0.1, 0.15) is 12.1 Å². The number of hydrogen-bond acceptors (Lipinski definition) is 6. The van der Waals surface area contributed by atoms with Gasteiger partial charge < -0.3 is 5.32 Å². The maximum Gasteiger partial charge on any atom is 1.00 e. The summed E-state index contributed by atoms with van der Waals surface area (Å²) in [5, 5.41) is 3.88. The molecule has 0 aliphatic rings. The van der Waals surface area contributed by atoms with Crippen LogP contribution in [0.15, 0.2) is 30.6 Å². The molecule has 19 heavy (non-hydrogen) atoms. The van der Waals surface area contributed by atoms with Crippen molar-refractivity contribution in [2.75, 3.05) is 17.6 Å². The molecule has 0 aliphatic carbocycles. The summed E-state index contributed by atoms with van der Waals surface area (Å²) in [6.45, 7) is 0.380. The SMILES string of the molecule is O=S(=O)(O)SCCNc1ncnc2ccccc12.[Na+]. The minimum Gasteiger partial charge on any atom is -0.369 e. The van der Waals surface area contributed by atoms with Gasteiger partial charge in [-0.25, -0.2) is 9.97 Å². The number of hydrogen-bond donors (Lipinski definition) is 2. The van der Waals surface area contributed by atoms with Crippen LogP contribution in [0.2, 0.25) is 0 Å². The molecular weight excluding hydrogens is 297 g/mol. The molecular formula is C10H11N3NaO3S2+. The first-order chi connectivity index (χ1) is 8.56. The standard InChI is InChI=1S/C10H11N3O3S2.Na/c14-18(15,16)17-6-5-11-10-8-3-1-2-4-9(8)12-7-13-10;/h1-4,7H,5-6H2,(H,11,12,13)(H,14,15,16);/q;+1. The summed E-state index contributed by atoms with van der Waals surface area (Å²) in [6.07, 6.45) is 1.45. The number of nitrogens with one attached hydrogen (secondary N) is 1. The third-order valence-electron chi connectivity index (χ3n) is 2.17. The van der Waals surface area contributed by atoms with Crippen molar-refractivity contribution in [3.05, 3.63) is 30.6 Å². The second kappa shape index (κ2) is 7.41. The predicted molar refractivity (Wildman–Crippen MR) is 72.0 cm³/mol. The Bertz CT molecular complexity index is 646. The quantitative estimate of drug-likeness (QED) is 0.303. The molecule has 1 aromatic heterocycles. The van der Waals surface area contributed by atoms with Crippen molar-refractivity contribution in [2.45, 2.75) is 0 Å². The van der Waals surface area contributed by atoms with Gasteiger partial charge in [-0.3, -0.25) is 4.55 Å². The van der Waals surface area contributed by atoms with Crippen LogP contribution in [0.1, 0.15) is 0 Å². The first kappa shape index (κ1) is 16.7. The van der Waals surface area contributed by atoms with E-state index in [0.29, 0.717) is 23.2 Å². The maximum absolute atomic E-state index is 10.5. The number of rotatable bonds is 5. The van der Waals surface area contributed by atoms with Gasteiger partial charge in [0, 0.05) is 17.7 Å². The van der Waals surface area contributed by atoms with E-state index in [-0.39, 0.29) is 35.3 Å². The summed E-state index contributed by atoms with van der Waals surface area (Å²) < 4.78 is 29.6. The van der Waals surface area contributed by atoms with Crippen LogP contribution >= 0.6 is 10.8 Å². The number of benzene rings is 1. The smallest absolute Gasteiger partial charge is 0.369 e. The second-order valence-corrected chi connectivity index (χ2v) is 6.89. The van der Waals surface area contributed by atoms with Crippen LogP contribution in [0.3, 0.4) is 0 Å². The molecule has 0 aliphatic heterocycles. The number of anilines is 1. The molecule has 96 valence electrons. The Morgan fingerprint density at radius 1 is 1.26 bits per heavy atom. The molecule has 2 N–H and O–H groups in total. The van der Waals surface area contributed by atoms with Crippen molar-refractivity contribution in [1.82, 2.24) is 9.97 Å². The fourth-order valence-electron chi connectivity index (χ4n) is 1.46. The van der Waals surface area contributed by atoms with Crippen LogP contribution in [0.5, 0.6) is 0 Å². The molecule has 2 aromatic rings. The van der Waals surface area contributed by atoms with Crippen LogP contribution in [0.4, 0.5) is 5.82 Å². The van der Waals surface area contributed by atoms with Crippen molar-refractivity contribution >= 4 is 36.7 Å². The fraction of sp³-hybridized carbons (Fsp3) is 0.200. The summed E-state index contributed by atoms with van der Waals surface area (Å²) in [4.78, 5) is 8.21. The monoisotopic (exact) mass is 308 g/mol. The predicted octanol–water partition coefficient (Wildman–Crippen LogP) is -1.42. The number of para-hydroxylation sites is 1. The molecule has 0 saturated heterocycles. The second-order valence-electron chi connectivity index (χ2n) is 3.42. The fourth-order valence-corrected chi connectivity index (χ4v) is 2.74. The molecule has 0 atom stereocenters. The molecule has 1 aromatic carbocycles. The Morgan fingerprint density at radius 3 is 2.74 bits per heavy atom. The van der Waals surface area contributed by atoms with E-state index < -0.39 is 9.15 Å². The van der Waals surface area contributed by atoms with E-state index in [0.717, 1.165) is 10.9 Å². The number of aromatic nitrogens is 2. The van der Waals surface area contributed by atoms with Crippen LogP contribution in [0, 0.1) is 0 Å². The van der Waals surface area contributed by atoms with Gasteiger partial charge in [-0.1, -0.05) is 12.1 Å². The average Bonchev–Trinajstić information content (AvgIpc) is 2.33. The van der Waals surface area contributed by atoms with Crippen LogP contribution in [-0.2, 0) is 9.15 Å². The van der Waals surface area contributed by atoms with E-state index in [1.54, 1.807) is 0 Å². The number of fused-ring (bicyclic) bond motifs is 1. The van der Waals surface area contributed by atoms with E-state index in [4.69, 9.17) is 4.55 Å². The van der Waals surface area contributed by atoms with Gasteiger partial charge in [-0.2, -0.15) is 8.42 Å². The maximum atomic E-state index is 10.5. The van der Waals surface area contributed by atoms with Crippen LogP contribution < -0.4 is 34.9 Å². The first-order valence-electron chi connectivity index (χ1n) is 5.12. The summed E-state index contributed by atoms with van der Waals surface area (Å²) in [7, 11) is -3.50. The van der Waals surface area contributed by atoms with Crippen molar-refractivity contribution in [2.24, 2.45) is 0 Å². The molecule has 6 nitrogen and oxygen atoms in total. The van der Waals surface area contributed by atoms with Crippen LogP contribution in [-0.4, -0.2) is 35.2 Å². The zero-order valence-corrected chi connectivity index (χ0v) is 13.9. The van der Waals surface area contributed by atoms with Gasteiger partial charge in [0.25, 0.3) is 0 Å². The third-order valence-corrected chi connectivity index (χ3v) is 4.23. The molecule has 9 heteroatoms. The largest absolute Gasteiger partial charge is 1.00 e. The Labute approximate surface area is 136 Å². The summed E-state index contributed by atoms with van der Waals surface area (Å²) in [5.74, 6) is 0.883. The molecule has 0 amide bonds. The van der Waals surface area contributed by atoms with E-state index in [1.165, 1.54) is 6.33 Å². The third kappa shape index (κ3) is 5.25. The first-order valence-corrected chi connectivity index (χ1v) is 8.06. The Kier molecular flexibility index (Phi) is 6.51. The van der Waals surface area contributed by atoms with E-state index >= 15 is 0 Å². The minimum atomic E-state index is -3.98. The van der Waals surface area contributed by atoms with Gasteiger partial charge in [-0.05, 0) is 22.9 Å². The minimum absolute atomic E-state index is 0. The average molecular weight is 308 g/mol. The molecule has 0 fully saturated rings. The molecule has 0 unspecified atom stereocenters. The summed E-state index contributed by atoms with van der Waals surface area (Å²) >= 11 is 0. The van der Waals surface area contributed by atoms with Gasteiger partial charge >= 0.3 is 38.7 Å². The zero-order chi connectivity index (χ0) is 13.0. The summed E-state index contributed by atoms with van der Waals surface area (Å²) in [5.41, 5.74) is 0.817. The van der Waals surface area contributed by atoms with Crippen molar-refractivity contribution in [3.63, 3.8) is 0 Å². The topological polar surface area (TPSA) is 92.2 Å². The van der Waals surface area contributed by atoms with Crippen molar-refractivity contribution in [3.8, 4) is 0 Å². The van der Waals surface area contributed by atoms with E-state index in [1.807, 2.05) is 24.3 Å². The molecule has 1 heterocycles. The molecule has 0 saturated carbocycles. The van der Waals surface area contributed by atoms with Gasteiger partial charge in [-0.15, -0.1) is 0 Å².